The summed E-state index contributed by atoms with van der Waals surface area (Å²) in [7, 11) is 0. The van der Waals surface area contributed by atoms with Gasteiger partial charge >= 0.3 is 0 Å². The molecule has 0 heterocycles. The fourth-order valence-corrected chi connectivity index (χ4v) is 2.59. The summed E-state index contributed by atoms with van der Waals surface area (Å²) in [6, 6.07) is 8.24. The first kappa shape index (κ1) is 16.5. The highest BCUT2D eigenvalue weighted by Gasteiger charge is 2.43. The second-order valence-corrected chi connectivity index (χ2v) is 5.56. The Bertz CT molecular complexity index is 428. The number of hydrogen-bond donors (Lipinski definition) is 2. The van der Waals surface area contributed by atoms with Gasteiger partial charge in [-0.05, 0) is 36.6 Å². The normalized spacial score (nSPS) is 20.5. The van der Waals surface area contributed by atoms with E-state index < -0.39 is 0 Å². The Hall–Kier alpha value is -0.580. The summed E-state index contributed by atoms with van der Waals surface area (Å²) in [4.78, 5) is 11.9. The van der Waals surface area contributed by atoms with Crippen molar-refractivity contribution in [1.29, 1.82) is 0 Å². The predicted molar refractivity (Wildman–Crippen MR) is 83.8 cm³/mol. The Labute approximate surface area is 129 Å². The first-order valence-corrected chi connectivity index (χ1v) is 7.25. The molecule has 0 aliphatic heterocycles. The number of carbonyl (C=O) groups is 1. The van der Waals surface area contributed by atoms with Crippen LogP contribution in [0, 0.1) is 5.92 Å². The molecule has 0 saturated heterocycles. The van der Waals surface area contributed by atoms with E-state index in [1.807, 2.05) is 12.1 Å². The van der Waals surface area contributed by atoms with Crippen molar-refractivity contribution < 1.29 is 4.79 Å². The minimum absolute atomic E-state index is 0. The Balaban J connectivity index is 0.00000180. The van der Waals surface area contributed by atoms with Crippen molar-refractivity contribution in [2.75, 3.05) is 19.6 Å². The number of nitrogens with one attached hydrogen (secondary N) is 2. The summed E-state index contributed by atoms with van der Waals surface area (Å²) in [5.74, 6) is 0.764. The van der Waals surface area contributed by atoms with E-state index in [1.165, 1.54) is 5.56 Å². The number of halogens is 2. The van der Waals surface area contributed by atoms with Crippen molar-refractivity contribution >= 4 is 34.2 Å². The van der Waals surface area contributed by atoms with Gasteiger partial charge in [-0.3, -0.25) is 4.79 Å². The van der Waals surface area contributed by atoms with E-state index in [0.717, 1.165) is 24.0 Å². The Morgan fingerprint density at radius 3 is 2.89 bits per heavy atom. The average molecular weight is 348 g/mol. The van der Waals surface area contributed by atoms with Gasteiger partial charge in [0.2, 0.25) is 5.91 Å². The van der Waals surface area contributed by atoms with Gasteiger partial charge in [-0.1, -0.05) is 35.0 Å². The van der Waals surface area contributed by atoms with E-state index in [4.69, 9.17) is 0 Å². The summed E-state index contributed by atoms with van der Waals surface area (Å²) >= 11 is 3.47. The minimum Gasteiger partial charge on any atom is -0.355 e. The molecule has 2 atom stereocenters. The van der Waals surface area contributed by atoms with Crippen molar-refractivity contribution in [2.45, 2.75) is 19.3 Å². The van der Waals surface area contributed by atoms with Crippen LogP contribution in [0.4, 0.5) is 0 Å². The SMILES string of the molecule is CCNCCNC(=O)C1CC1c1cccc(Br)c1.Cl. The molecule has 1 saturated carbocycles. The van der Waals surface area contributed by atoms with Crippen LogP contribution in [0.25, 0.3) is 0 Å². The third kappa shape index (κ3) is 4.79. The maximum Gasteiger partial charge on any atom is 0.223 e. The number of likely N-dealkylation sites (N-methyl/N-ethyl adjacent to an activating group) is 1. The molecule has 0 radical (unpaired) electrons. The van der Waals surface area contributed by atoms with Crippen LogP contribution in [0.3, 0.4) is 0 Å². The molecule has 0 spiro atoms. The third-order valence-corrected chi connectivity index (χ3v) is 3.75. The second kappa shape index (κ2) is 7.88. The molecule has 0 aromatic heterocycles. The van der Waals surface area contributed by atoms with Gasteiger partial charge in [-0.25, -0.2) is 0 Å². The second-order valence-electron chi connectivity index (χ2n) is 4.65. The molecule has 2 N–H and O–H groups in total. The zero-order valence-corrected chi connectivity index (χ0v) is 13.4. The number of carbonyl (C=O) groups excluding carboxylic acids is 1. The zero-order valence-electron chi connectivity index (χ0n) is 11.0. The molecule has 1 aliphatic rings. The van der Waals surface area contributed by atoms with Gasteiger partial charge in [0.1, 0.15) is 0 Å². The molecule has 1 aromatic rings. The van der Waals surface area contributed by atoms with Crippen molar-refractivity contribution in [1.82, 2.24) is 10.6 Å². The fourth-order valence-electron chi connectivity index (χ4n) is 2.17. The molecule has 2 rings (SSSR count). The van der Waals surface area contributed by atoms with Gasteiger partial charge in [0, 0.05) is 23.5 Å². The van der Waals surface area contributed by atoms with Gasteiger partial charge in [0.25, 0.3) is 0 Å². The molecule has 5 heteroatoms. The Morgan fingerprint density at radius 1 is 1.42 bits per heavy atom. The van der Waals surface area contributed by atoms with Crippen LogP contribution >= 0.6 is 28.3 Å². The first-order valence-electron chi connectivity index (χ1n) is 6.46. The molecule has 3 nitrogen and oxygen atoms in total. The number of benzene rings is 1. The van der Waals surface area contributed by atoms with Crippen molar-refractivity contribution in [3.63, 3.8) is 0 Å². The quantitative estimate of drug-likeness (QED) is 0.777. The summed E-state index contributed by atoms with van der Waals surface area (Å²) in [6.07, 6.45) is 0.976. The van der Waals surface area contributed by atoms with Gasteiger partial charge in [-0.2, -0.15) is 0 Å². The first-order chi connectivity index (χ1) is 8.72. The lowest BCUT2D eigenvalue weighted by molar-refractivity contribution is -0.122. The monoisotopic (exact) mass is 346 g/mol. The van der Waals surface area contributed by atoms with Crippen molar-refractivity contribution in [3.8, 4) is 0 Å². The smallest absolute Gasteiger partial charge is 0.223 e. The van der Waals surface area contributed by atoms with Crippen LogP contribution in [0.1, 0.15) is 24.8 Å². The Kier molecular flexibility index (Phi) is 6.83. The number of amides is 1. The van der Waals surface area contributed by atoms with E-state index in [-0.39, 0.29) is 24.2 Å². The molecular weight excluding hydrogens is 328 g/mol. The molecule has 0 bridgehead atoms. The van der Waals surface area contributed by atoms with Crippen molar-refractivity contribution in [2.24, 2.45) is 5.92 Å². The van der Waals surface area contributed by atoms with E-state index >= 15 is 0 Å². The minimum atomic E-state index is 0. The standard InChI is InChI=1S/C14H19BrN2O.ClH/c1-2-16-6-7-17-14(18)13-9-12(13)10-4-3-5-11(15)8-10;/h3-5,8,12-13,16H,2,6-7,9H2,1H3,(H,17,18);1H. The maximum atomic E-state index is 11.9. The summed E-state index contributed by atoms with van der Waals surface area (Å²) in [5, 5.41) is 6.17. The predicted octanol–water partition coefficient (Wildman–Crippen LogP) is 2.70. The van der Waals surface area contributed by atoms with E-state index in [1.54, 1.807) is 0 Å². The molecule has 1 amide bonds. The van der Waals surface area contributed by atoms with E-state index in [2.05, 4.69) is 45.6 Å². The lowest BCUT2D eigenvalue weighted by Gasteiger charge is -2.05. The van der Waals surface area contributed by atoms with Gasteiger partial charge in [0.05, 0.1) is 0 Å². The van der Waals surface area contributed by atoms with Crippen LogP contribution in [-0.2, 0) is 4.79 Å². The van der Waals surface area contributed by atoms with E-state index in [0.29, 0.717) is 12.5 Å². The lowest BCUT2D eigenvalue weighted by atomic mass is 10.1. The molecule has 1 aliphatic carbocycles. The average Bonchev–Trinajstić information content (AvgIpc) is 3.15. The topological polar surface area (TPSA) is 41.1 Å². The molecule has 19 heavy (non-hydrogen) atoms. The number of hydrogen-bond acceptors (Lipinski definition) is 2. The van der Waals surface area contributed by atoms with Crippen LogP contribution in [0.2, 0.25) is 0 Å². The van der Waals surface area contributed by atoms with Gasteiger partial charge in [-0.15, -0.1) is 12.4 Å². The highest BCUT2D eigenvalue weighted by atomic mass is 79.9. The van der Waals surface area contributed by atoms with Crippen LogP contribution in [0.5, 0.6) is 0 Å². The third-order valence-electron chi connectivity index (χ3n) is 3.26. The highest BCUT2D eigenvalue weighted by molar-refractivity contribution is 9.10. The van der Waals surface area contributed by atoms with E-state index in [9.17, 15) is 4.79 Å². The van der Waals surface area contributed by atoms with Crippen LogP contribution < -0.4 is 10.6 Å². The summed E-state index contributed by atoms with van der Waals surface area (Å²) < 4.78 is 1.08. The lowest BCUT2D eigenvalue weighted by Crippen LogP contribution is -2.32. The zero-order chi connectivity index (χ0) is 13.0. The summed E-state index contributed by atoms with van der Waals surface area (Å²) in [5.41, 5.74) is 1.26. The van der Waals surface area contributed by atoms with Gasteiger partial charge < -0.3 is 10.6 Å². The van der Waals surface area contributed by atoms with Crippen LogP contribution in [-0.4, -0.2) is 25.5 Å². The van der Waals surface area contributed by atoms with Gasteiger partial charge in [0.15, 0.2) is 0 Å². The molecule has 2 unspecified atom stereocenters. The van der Waals surface area contributed by atoms with Crippen molar-refractivity contribution in [3.05, 3.63) is 34.3 Å². The summed E-state index contributed by atoms with van der Waals surface area (Å²) in [6.45, 7) is 4.57. The van der Waals surface area contributed by atoms with Crippen LogP contribution in [0.15, 0.2) is 28.7 Å². The number of rotatable bonds is 6. The molecule has 106 valence electrons. The highest BCUT2D eigenvalue weighted by Crippen LogP contribution is 2.47. The fraction of sp³-hybridized carbons (Fsp3) is 0.500. The largest absolute Gasteiger partial charge is 0.355 e. The Morgan fingerprint density at radius 2 is 2.21 bits per heavy atom. The molecule has 1 fully saturated rings. The molecular formula is C14H20BrClN2O. The maximum absolute atomic E-state index is 11.9. The molecule has 1 aromatic carbocycles.